The van der Waals surface area contributed by atoms with Gasteiger partial charge in [0.15, 0.2) is 0 Å². The van der Waals surface area contributed by atoms with E-state index in [1.807, 2.05) is 13.8 Å². The molecule has 3 unspecified atom stereocenters. The van der Waals surface area contributed by atoms with Crippen LogP contribution in [0.5, 0.6) is 0 Å². The Hall–Kier alpha value is -0.570. The third-order valence-electron chi connectivity index (χ3n) is 3.85. The fraction of sp³-hybridized carbons (Fsp3) is 0.938. The number of nitrogens with two attached hydrogens (primary N) is 1. The summed E-state index contributed by atoms with van der Waals surface area (Å²) in [4.78, 5) is 12.0. The van der Waals surface area contributed by atoms with E-state index in [9.17, 15) is 4.79 Å². The summed E-state index contributed by atoms with van der Waals surface area (Å²) in [6, 6.07) is 0.244. The molecule has 0 spiro atoms. The van der Waals surface area contributed by atoms with Crippen LogP contribution in [0, 0.1) is 11.8 Å². The highest BCUT2D eigenvalue weighted by molar-refractivity contribution is 5.78. The molecule has 0 aromatic rings. The van der Waals surface area contributed by atoms with Crippen LogP contribution in [0.3, 0.4) is 0 Å². The molecule has 3 atom stereocenters. The van der Waals surface area contributed by atoms with E-state index in [0.717, 1.165) is 32.2 Å². The minimum absolute atomic E-state index is 0.113. The first-order valence-corrected chi connectivity index (χ1v) is 8.04. The van der Waals surface area contributed by atoms with Crippen LogP contribution in [0.2, 0.25) is 0 Å². The summed E-state index contributed by atoms with van der Waals surface area (Å²) in [5.41, 5.74) is 5.72. The summed E-state index contributed by atoms with van der Waals surface area (Å²) in [5.74, 6) is 0.960. The van der Waals surface area contributed by atoms with Gasteiger partial charge in [-0.05, 0) is 32.1 Å². The molecule has 0 saturated heterocycles. The van der Waals surface area contributed by atoms with E-state index in [-0.39, 0.29) is 17.9 Å². The van der Waals surface area contributed by atoms with E-state index >= 15 is 0 Å². The van der Waals surface area contributed by atoms with Crippen LogP contribution >= 0.6 is 0 Å². The van der Waals surface area contributed by atoms with Gasteiger partial charge < -0.3 is 11.1 Å². The zero-order valence-electron chi connectivity index (χ0n) is 13.4. The third kappa shape index (κ3) is 9.94. The number of amides is 1. The van der Waals surface area contributed by atoms with Gasteiger partial charge in [0.25, 0.3) is 0 Å². The van der Waals surface area contributed by atoms with Gasteiger partial charge in [0.05, 0.1) is 0 Å². The van der Waals surface area contributed by atoms with Gasteiger partial charge in [-0.15, -0.1) is 0 Å². The lowest BCUT2D eigenvalue weighted by atomic mass is 9.98. The lowest BCUT2D eigenvalue weighted by molar-refractivity contribution is -0.124. The smallest absolute Gasteiger partial charge is 0.222 e. The standard InChI is InChI=1S/C16H34N2O/c1-5-7-11-15(6-2)12-18-16(19)13(3)9-8-10-14(4)17/h13-15H,5-12,17H2,1-4H3,(H,18,19). The normalized spacial score (nSPS) is 15.8. The molecule has 0 aromatic carbocycles. The molecule has 19 heavy (non-hydrogen) atoms. The molecule has 3 heteroatoms. The Morgan fingerprint density at radius 3 is 2.32 bits per heavy atom. The first kappa shape index (κ1) is 18.4. The third-order valence-corrected chi connectivity index (χ3v) is 3.85. The fourth-order valence-electron chi connectivity index (χ4n) is 2.24. The predicted octanol–water partition coefficient (Wildman–Crippen LogP) is 3.47. The SMILES string of the molecule is CCCCC(CC)CNC(=O)C(C)CCCC(C)N. The Morgan fingerprint density at radius 2 is 1.79 bits per heavy atom. The molecule has 0 aliphatic heterocycles. The van der Waals surface area contributed by atoms with Crippen molar-refractivity contribution in [2.75, 3.05) is 6.54 Å². The summed E-state index contributed by atoms with van der Waals surface area (Å²) in [5, 5.41) is 3.11. The molecular formula is C16H34N2O. The minimum Gasteiger partial charge on any atom is -0.356 e. The van der Waals surface area contributed by atoms with Crippen LogP contribution in [0.4, 0.5) is 0 Å². The molecule has 0 rings (SSSR count). The number of rotatable bonds is 11. The number of unbranched alkanes of at least 4 members (excludes halogenated alkanes) is 1. The highest BCUT2D eigenvalue weighted by Crippen LogP contribution is 2.13. The lowest BCUT2D eigenvalue weighted by Crippen LogP contribution is -2.33. The molecule has 0 radical (unpaired) electrons. The van der Waals surface area contributed by atoms with Gasteiger partial charge in [-0.3, -0.25) is 4.79 Å². The lowest BCUT2D eigenvalue weighted by Gasteiger charge is -2.18. The van der Waals surface area contributed by atoms with Gasteiger partial charge in [-0.2, -0.15) is 0 Å². The van der Waals surface area contributed by atoms with Crippen molar-refractivity contribution in [2.45, 2.75) is 78.7 Å². The van der Waals surface area contributed by atoms with Crippen molar-refractivity contribution in [3.8, 4) is 0 Å². The maximum atomic E-state index is 12.0. The molecule has 0 saturated carbocycles. The van der Waals surface area contributed by atoms with E-state index in [1.165, 1.54) is 19.3 Å². The summed E-state index contributed by atoms with van der Waals surface area (Å²) < 4.78 is 0. The minimum atomic E-state index is 0.113. The number of carbonyl (C=O) groups is 1. The van der Waals surface area contributed by atoms with Crippen molar-refractivity contribution in [1.29, 1.82) is 0 Å². The second-order valence-corrected chi connectivity index (χ2v) is 5.97. The van der Waals surface area contributed by atoms with Crippen molar-refractivity contribution >= 4 is 5.91 Å². The van der Waals surface area contributed by atoms with Crippen molar-refractivity contribution in [1.82, 2.24) is 5.32 Å². The molecule has 0 bridgehead atoms. The van der Waals surface area contributed by atoms with Crippen LogP contribution in [-0.4, -0.2) is 18.5 Å². The van der Waals surface area contributed by atoms with Gasteiger partial charge in [-0.25, -0.2) is 0 Å². The highest BCUT2D eigenvalue weighted by atomic mass is 16.1. The molecular weight excluding hydrogens is 236 g/mol. The van der Waals surface area contributed by atoms with Crippen molar-refractivity contribution < 1.29 is 4.79 Å². The fourth-order valence-corrected chi connectivity index (χ4v) is 2.24. The Balaban J connectivity index is 3.81. The van der Waals surface area contributed by atoms with E-state index in [2.05, 4.69) is 19.2 Å². The first-order valence-electron chi connectivity index (χ1n) is 8.04. The van der Waals surface area contributed by atoms with E-state index in [0.29, 0.717) is 5.92 Å². The van der Waals surface area contributed by atoms with Gasteiger partial charge in [0.1, 0.15) is 0 Å². The molecule has 0 aliphatic rings. The van der Waals surface area contributed by atoms with Crippen LogP contribution in [-0.2, 0) is 4.79 Å². The molecule has 1 amide bonds. The second-order valence-electron chi connectivity index (χ2n) is 5.97. The van der Waals surface area contributed by atoms with Gasteiger partial charge in [-0.1, -0.05) is 46.5 Å². The molecule has 3 nitrogen and oxygen atoms in total. The van der Waals surface area contributed by atoms with E-state index in [1.54, 1.807) is 0 Å². The average Bonchev–Trinajstić information content (AvgIpc) is 2.38. The summed E-state index contributed by atoms with van der Waals surface area (Å²) in [7, 11) is 0. The Kier molecular flexibility index (Phi) is 10.9. The molecule has 0 aliphatic carbocycles. The summed E-state index contributed by atoms with van der Waals surface area (Å²) in [6.07, 6.45) is 7.87. The zero-order valence-corrected chi connectivity index (χ0v) is 13.4. The van der Waals surface area contributed by atoms with E-state index in [4.69, 9.17) is 5.73 Å². The highest BCUT2D eigenvalue weighted by Gasteiger charge is 2.14. The Labute approximate surface area is 119 Å². The number of nitrogens with one attached hydrogen (secondary N) is 1. The van der Waals surface area contributed by atoms with Crippen molar-refractivity contribution in [2.24, 2.45) is 17.6 Å². The predicted molar refractivity (Wildman–Crippen MR) is 83.0 cm³/mol. The Morgan fingerprint density at radius 1 is 1.11 bits per heavy atom. The van der Waals surface area contributed by atoms with Crippen LogP contribution in [0.25, 0.3) is 0 Å². The van der Waals surface area contributed by atoms with Crippen molar-refractivity contribution in [3.05, 3.63) is 0 Å². The number of hydrogen-bond donors (Lipinski definition) is 2. The monoisotopic (exact) mass is 270 g/mol. The second kappa shape index (κ2) is 11.3. The first-order chi connectivity index (χ1) is 9.01. The summed E-state index contributed by atoms with van der Waals surface area (Å²) in [6.45, 7) is 9.30. The van der Waals surface area contributed by atoms with Crippen LogP contribution < -0.4 is 11.1 Å². The Bertz CT molecular complexity index is 229. The topological polar surface area (TPSA) is 55.1 Å². The largest absolute Gasteiger partial charge is 0.356 e. The van der Waals surface area contributed by atoms with Gasteiger partial charge >= 0.3 is 0 Å². The molecule has 0 aromatic heterocycles. The quantitative estimate of drug-likeness (QED) is 0.604. The molecule has 0 heterocycles. The number of carbonyl (C=O) groups excluding carboxylic acids is 1. The van der Waals surface area contributed by atoms with E-state index < -0.39 is 0 Å². The molecule has 0 fully saturated rings. The maximum Gasteiger partial charge on any atom is 0.222 e. The molecule has 3 N–H and O–H groups in total. The average molecular weight is 270 g/mol. The van der Waals surface area contributed by atoms with Crippen LogP contribution in [0.1, 0.15) is 72.6 Å². The van der Waals surface area contributed by atoms with Crippen LogP contribution in [0.15, 0.2) is 0 Å². The zero-order chi connectivity index (χ0) is 14.7. The maximum absolute atomic E-state index is 12.0. The molecule has 114 valence electrons. The van der Waals surface area contributed by atoms with Crippen molar-refractivity contribution in [3.63, 3.8) is 0 Å². The van der Waals surface area contributed by atoms with Gasteiger partial charge in [0, 0.05) is 18.5 Å². The summed E-state index contributed by atoms with van der Waals surface area (Å²) >= 11 is 0. The number of hydrogen-bond acceptors (Lipinski definition) is 2. The van der Waals surface area contributed by atoms with Gasteiger partial charge in [0.2, 0.25) is 5.91 Å².